The Morgan fingerprint density at radius 2 is 2.12 bits per heavy atom. The molecule has 3 heteroatoms. The number of hydrogen-bond acceptors (Lipinski definition) is 2. The molecular weight excluding hydrogens is 278 g/mol. The molecule has 1 aromatic heterocycles. The summed E-state index contributed by atoms with van der Waals surface area (Å²) in [7, 11) is 0. The van der Waals surface area contributed by atoms with Crippen LogP contribution in [0.15, 0.2) is 28.7 Å². The molecule has 0 aliphatic rings. The van der Waals surface area contributed by atoms with Crippen LogP contribution in [0.5, 0.6) is 5.88 Å². The molecule has 17 heavy (non-hydrogen) atoms. The largest absolute Gasteiger partial charge is 0.478 e. The lowest BCUT2D eigenvalue weighted by atomic mass is 9.99. The fourth-order valence-electron chi connectivity index (χ4n) is 1.91. The van der Waals surface area contributed by atoms with Crippen LogP contribution in [0.25, 0.3) is 10.9 Å². The summed E-state index contributed by atoms with van der Waals surface area (Å²) in [6, 6.07) is 8.20. The van der Waals surface area contributed by atoms with Crippen molar-refractivity contribution in [2.75, 3.05) is 6.61 Å². The maximum atomic E-state index is 5.53. The lowest BCUT2D eigenvalue weighted by molar-refractivity contribution is 0.327. The summed E-state index contributed by atoms with van der Waals surface area (Å²) in [6.45, 7) is 6.98. The normalized spacial score (nSPS) is 11.1. The summed E-state index contributed by atoms with van der Waals surface area (Å²) in [5, 5.41) is 1.19. The fraction of sp³-hybridized carbons (Fsp3) is 0.357. The van der Waals surface area contributed by atoms with Crippen LogP contribution < -0.4 is 4.74 Å². The number of hydrogen-bond donors (Lipinski definition) is 0. The number of pyridine rings is 1. The van der Waals surface area contributed by atoms with E-state index in [0.717, 1.165) is 9.99 Å². The third-order valence-electron chi connectivity index (χ3n) is 2.71. The molecule has 2 aromatic rings. The van der Waals surface area contributed by atoms with Crippen molar-refractivity contribution in [1.29, 1.82) is 0 Å². The Hall–Kier alpha value is -1.09. The number of benzene rings is 1. The maximum Gasteiger partial charge on any atom is 0.214 e. The van der Waals surface area contributed by atoms with Gasteiger partial charge in [-0.15, -0.1) is 0 Å². The van der Waals surface area contributed by atoms with Crippen LogP contribution in [0.4, 0.5) is 0 Å². The minimum Gasteiger partial charge on any atom is -0.478 e. The van der Waals surface area contributed by atoms with Crippen molar-refractivity contribution in [3.63, 3.8) is 0 Å². The van der Waals surface area contributed by atoms with Crippen molar-refractivity contribution >= 4 is 26.8 Å². The van der Waals surface area contributed by atoms with Crippen molar-refractivity contribution in [3.05, 3.63) is 34.3 Å². The summed E-state index contributed by atoms with van der Waals surface area (Å²) in [4.78, 5) is 4.54. The van der Waals surface area contributed by atoms with Gasteiger partial charge in [0, 0.05) is 15.9 Å². The average molecular weight is 294 g/mol. The molecule has 0 bridgehead atoms. The number of rotatable bonds is 3. The molecule has 0 saturated heterocycles. The van der Waals surface area contributed by atoms with Crippen LogP contribution in [0.2, 0.25) is 0 Å². The van der Waals surface area contributed by atoms with Crippen molar-refractivity contribution in [2.24, 2.45) is 0 Å². The number of ether oxygens (including phenoxy) is 1. The highest BCUT2D eigenvalue weighted by Crippen LogP contribution is 2.31. The van der Waals surface area contributed by atoms with Gasteiger partial charge in [-0.2, -0.15) is 0 Å². The van der Waals surface area contributed by atoms with Gasteiger partial charge < -0.3 is 4.74 Å². The van der Waals surface area contributed by atoms with E-state index in [4.69, 9.17) is 4.74 Å². The Kier molecular flexibility index (Phi) is 3.67. The first-order valence-electron chi connectivity index (χ1n) is 5.85. The van der Waals surface area contributed by atoms with Crippen LogP contribution >= 0.6 is 15.9 Å². The van der Waals surface area contributed by atoms with Gasteiger partial charge in [-0.1, -0.05) is 26.0 Å². The van der Waals surface area contributed by atoms with Crippen LogP contribution in [-0.4, -0.2) is 11.6 Å². The van der Waals surface area contributed by atoms with Gasteiger partial charge in [-0.25, -0.2) is 4.98 Å². The van der Waals surface area contributed by atoms with Crippen molar-refractivity contribution in [1.82, 2.24) is 4.98 Å². The van der Waals surface area contributed by atoms with E-state index in [1.807, 2.05) is 25.1 Å². The Bertz CT molecular complexity index is 537. The van der Waals surface area contributed by atoms with Crippen molar-refractivity contribution in [3.8, 4) is 5.88 Å². The minimum absolute atomic E-state index is 0.453. The van der Waals surface area contributed by atoms with Crippen LogP contribution in [-0.2, 0) is 0 Å². The van der Waals surface area contributed by atoms with E-state index in [9.17, 15) is 0 Å². The predicted molar refractivity (Wildman–Crippen MR) is 74.7 cm³/mol. The second kappa shape index (κ2) is 5.05. The van der Waals surface area contributed by atoms with Gasteiger partial charge in [0.25, 0.3) is 0 Å². The summed E-state index contributed by atoms with van der Waals surface area (Å²) >= 11 is 3.55. The van der Waals surface area contributed by atoms with E-state index in [1.165, 1.54) is 10.9 Å². The number of fused-ring (bicyclic) bond motifs is 1. The molecule has 0 fully saturated rings. The smallest absolute Gasteiger partial charge is 0.214 e. The molecule has 0 radical (unpaired) electrons. The third kappa shape index (κ3) is 2.44. The second-order valence-corrected chi connectivity index (χ2v) is 5.13. The highest BCUT2D eigenvalue weighted by molar-refractivity contribution is 9.10. The van der Waals surface area contributed by atoms with Crippen LogP contribution in [0, 0.1) is 0 Å². The Labute approximate surface area is 110 Å². The fourth-order valence-corrected chi connectivity index (χ4v) is 2.37. The van der Waals surface area contributed by atoms with Gasteiger partial charge in [0.2, 0.25) is 5.88 Å². The van der Waals surface area contributed by atoms with E-state index in [1.54, 1.807) is 0 Å². The maximum absolute atomic E-state index is 5.53. The van der Waals surface area contributed by atoms with Crippen LogP contribution in [0.3, 0.4) is 0 Å². The Morgan fingerprint density at radius 1 is 1.35 bits per heavy atom. The first-order chi connectivity index (χ1) is 8.13. The molecule has 2 nitrogen and oxygen atoms in total. The molecule has 1 aromatic carbocycles. The summed E-state index contributed by atoms with van der Waals surface area (Å²) in [6.07, 6.45) is 0. The zero-order valence-electron chi connectivity index (χ0n) is 10.3. The summed E-state index contributed by atoms with van der Waals surface area (Å²) in [5.74, 6) is 1.16. The number of para-hydroxylation sites is 1. The lowest BCUT2D eigenvalue weighted by Gasteiger charge is -2.13. The SMILES string of the molecule is CCOc1cc(C(C)C)c2cccc(Br)c2n1. The monoisotopic (exact) mass is 293 g/mol. The molecule has 0 amide bonds. The quantitative estimate of drug-likeness (QED) is 0.830. The van der Waals surface area contributed by atoms with E-state index in [-0.39, 0.29) is 0 Å². The second-order valence-electron chi connectivity index (χ2n) is 4.27. The topological polar surface area (TPSA) is 22.1 Å². The zero-order chi connectivity index (χ0) is 12.4. The number of aromatic nitrogens is 1. The highest BCUT2D eigenvalue weighted by atomic mass is 79.9. The number of nitrogens with zero attached hydrogens (tertiary/aromatic N) is 1. The molecule has 0 unspecified atom stereocenters. The molecule has 0 saturated carbocycles. The van der Waals surface area contributed by atoms with E-state index in [2.05, 4.69) is 40.8 Å². The summed E-state index contributed by atoms with van der Waals surface area (Å²) < 4.78 is 6.54. The van der Waals surface area contributed by atoms with Gasteiger partial charge in [0.05, 0.1) is 12.1 Å². The standard InChI is InChI=1S/C14H16BrNO/c1-4-17-13-8-11(9(2)3)10-6-5-7-12(15)14(10)16-13/h5-9H,4H2,1-3H3. The lowest BCUT2D eigenvalue weighted by Crippen LogP contribution is -1.99. The Balaban J connectivity index is 2.72. The van der Waals surface area contributed by atoms with Crippen molar-refractivity contribution in [2.45, 2.75) is 26.7 Å². The Morgan fingerprint density at radius 3 is 2.76 bits per heavy atom. The molecule has 1 heterocycles. The van der Waals surface area contributed by atoms with Gasteiger partial charge in [0.15, 0.2) is 0 Å². The van der Waals surface area contributed by atoms with E-state index in [0.29, 0.717) is 18.4 Å². The van der Waals surface area contributed by atoms with Gasteiger partial charge in [0.1, 0.15) is 0 Å². The van der Waals surface area contributed by atoms with E-state index < -0.39 is 0 Å². The highest BCUT2D eigenvalue weighted by Gasteiger charge is 2.11. The molecule has 0 atom stereocenters. The average Bonchev–Trinajstić information content (AvgIpc) is 2.29. The van der Waals surface area contributed by atoms with Crippen molar-refractivity contribution < 1.29 is 4.74 Å². The minimum atomic E-state index is 0.453. The first kappa shape index (κ1) is 12.4. The van der Waals surface area contributed by atoms with Gasteiger partial charge in [-0.05, 0) is 40.4 Å². The molecule has 90 valence electrons. The van der Waals surface area contributed by atoms with Gasteiger partial charge >= 0.3 is 0 Å². The first-order valence-corrected chi connectivity index (χ1v) is 6.64. The molecular formula is C14H16BrNO. The molecule has 0 aliphatic carbocycles. The molecule has 0 N–H and O–H groups in total. The van der Waals surface area contributed by atoms with E-state index >= 15 is 0 Å². The zero-order valence-corrected chi connectivity index (χ0v) is 11.9. The predicted octanol–water partition coefficient (Wildman–Crippen LogP) is 4.52. The molecule has 2 rings (SSSR count). The van der Waals surface area contributed by atoms with Crippen LogP contribution in [0.1, 0.15) is 32.3 Å². The number of halogens is 1. The third-order valence-corrected chi connectivity index (χ3v) is 3.35. The molecule has 0 aliphatic heterocycles. The summed E-state index contributed by atoms with van der Waals surface area (Å²) in [5.41, 5.74) is 2.25. The molecule has 0 spiro atoms. The van der Waals surface area contributed by atoms with Gasteiger partial charge in [-0.3, -0.25) is 0 Å².